The lowest BCUT2D eigenvalue weighted by Gasteiger charge is -2.22. The number of carboxylic acid groups (broad SMARTS) is 1. The average molecular weight is 269 g/mol. The zero-order chi connectivity index (χ0) is 14.5. The predicted molar refractivity (Wildman–Crippen MR) is 67.6 cm³/mol. The monoisotopic (exact) mass is 269 g/mol. The maximum absolute atomic E-state index is 11.5. The van der Waals surface area contributed by atoms with Crippen molar-refractivity contribution in [2.45, 2.75) is 45.4 Å². The predicted octanol–water partition coefficient (Wildman–Crippen LogP) is 1.25. The number of hydrogen-bond donors (Lipinski definition) is 2. The van der Waals surface area contributed by atoms with E-state index in [4.69, 9.17) is 9.84 Å². The first-order valence-corrected chi connectivity index (χ1v) is 5.97. The highest BCUT2D eigenvalue weighted by molar-refractivity contribution is 5.79. The summed E-state index contributed by atoms with van der Waals surface area (Å²) in [6.45, 7) is 5.55. The number of amides is 1. The van der Waals surface area contributed by atoms with E-state index in [1.54, 1.807) is 43.9 Å². The number of carbonyl (C=O) groups excluding carboxylic acids is 1. The molecule has 1 aromatic heterocycles. The largest absolute Gasteiger partial charge is 0.480 e. The van der Waals surface area contributed by atoms with Gasteiger partial charge in [-0.3, -0.25) is 4.68 Å². The van der Waals surface area contributed by atoms with Gasteiger partial charge in [0, 0.05) is 18.9 Å². The average Bonchev–Trinajstić information content (AvgIpc) is 2.73. The van der Waals surface area contributed by atoms with Crippen molar-refractivity contribution in [2.75, 3.05) is 0 Å². The molecule has 106 valence electrons. The number of carboxylic acids is 1. The zero-order valence-electron chi connectivity index (χ0n) is 11.3. The van der Waals surface area contributed by atoms with Crippen LogP contribution >= 0.6 is 0 Å². The van der Waals surface area contributed by atoms with E-state index in [9.17, 15) is 9.59 Å². The summed E-state index contributed by atoms with van der Waals surface area (Å²) >= 11 is 0. The van der Waals surface area contributed by atoms with Crippen molar-refractivity contribution >= 4 is 12.1 Å². The fourth-order valence-electron chi connectivity index (χ4n) is 1.40. The minimum Gasteiger partial charge on any atom is -0.480 e. The second-order valence-electron chi connectivity index (χ2n) is 5.09. The zero-order valence-corrected chi connectivity index (χ0v) is 11.3. The van der Waals surface area contributed by atoms with Gasteiger partial charge in [0.2, 0.25) is 0 Å². The maximum Gasteiger partial charge on any atom is 0.408 e. The molecule has 1 aromatic rings. The quantitative estimate of drug-likeness (QED) is 0.839. The molecular weight excluding hydrogens is 250 g/mol. The highest BCUT2D eigenvalue weighted by Crippen LogP contribution is 2.07. The van der Waals surface area contributed by atoms with E-state index in [1.165, 1.54) is 0 Å². The van der Waals surface area contributed by atoms with E-state index < -0.39 is 23.7 Å². The number of rotatable bonds is 5. The molecule has 0 saturated heterocycles. The standard InChI is InChI=1S/C12H19N3O4/c1-12(2,3)19-11(18)14-9(10(16)17)5-8-15-7-4-6-13-15/h4,6-7,9H,5,8H2,1-3H3,(H,14,18)(H,16,17)/t9-/m1/s1. The van der Waals surface area contributed by atoms with Gasteiger partial charge in [-0.05, 0) is 33.3 Å². The van der Waals surface area contributed by atoms with Crippen LogP contribution in [0.1, 0.15) is 27.2 Å². The van der Waals surface area contributed by atoms with Gasteiger partial charge in [0.05, 0.1) is 0 Å². The Morgan fingerprint density at radius 3 is 2.63 bits per heavy atom. The number of aliphatic carboxylic acids is 1. The number of aromatic nitrogens is 2. The summed E-state index contributed by atoms with van der Waals surface area (Å²) in [6, 6.07) is 0.746. The molecule has 0 aromatic carbocycles. The number of nitrogens with one attached hydrogen (secondary N) is 1. The van der Waals surface area contributed by atoms with E-state index in [-0.39, 0.29) is 6.42 Å². The van der Waals surface area contributed by atoms with E-state index in [2.05, 4.69) is 10.4 Å². The van der Waals surface area contributed by atoms with Gasteiger partial charge in [-0.25, -0.2) is 9.59 Å². The highest BCUT2D eigenvalue weighted by Gasteiger charge is 2.23. The molecule has 2 N–H and O–H groups in total. The third kappa shape index (κ3) is 5.89. The van der Waals surface area contributed by atoms with Gasteiger partial charge in [0.1, 0.15) is 11.6 Å². The third-order valence-electron chi connectivity index (χ3n) is 2.20. The van der Waals surface area contributed by atoms with Crippen LogP contribution in [0.25, 0.3) is 0 Å². The molecule has 0 fully saturated rings. The summed E-state index contributed by atoms with van der Waals surface area (Å²) in [7, 11) is 0. The van der Waals surface area contributed by atoms with Crippen molar-refractivity contribution in [1.29, 1.82) is 0 Å². The Hall–Kier alpha value is -2.05. The van der Waals surface area contributed by atoms with Crippen LogP contribution in [-0.2, 0) is 16.1 Å². The van der Waals surface area contributed by atoms with Gasteiger partial charge in [-0.2, -0.15) is 5.10 Å². The van der Waals surface area contributed by atoms with Crippen LogP contribution in [0.2, 0.25) is 0 Å². The highest BCUT2D eigenvalue weighted by atomic mass is 16.6. The molecule has 0 aliphatic heterocycles. The van der Waals surface area contributed by atoms with Crippen molar-refractivity contribution in [2.24, 2.45) is 0 Å². The summed E-state index contributed by atoms with van der Waals surface area (Å²) in [6.07, 6.45) is 2.83. The lowest BCUT2D eigenvalue weighted by Crippen LogP contribution is -2.44. The molecule has 1 atom stereocenters. The van der Waals surface area contributed by atoms with Gasteiger partial charge in [0.15, 0.2) is 0 Å². The lowest BCUT2D eigenvalue weighted by atomic mass is 10.2. The van der Waals surface area contributed by atoms with Gasteiger partial charge in [0.25, 0.3) is 0 Å². The minimum atomic E-state index is -1.10. The van der Waals surface area contributed by atoms with E-state index >= 15 is 0 Å². The Bertz CT molecular complexity index is 423. The summed E-state index contributed by atoms with van der Waals surface area (Å²) in [4.78, 5) is 22.6. The third-order valence-corrected chi connectivity index (χ3v) is 2.20. The number of aryl methyl sites for hydroxylation is 1. The summed E-state index contributed by atoms with van der Waals surface area (Å²) < 4.78 is 6.62. The van der Waals surface area contributed by atoms with Crippen LogP contribution in [0.5, 0.6) is 0 Å². The Balaban J connectivity index is 2.49. The molecule has 0 saturated carbocycles. The molecule has 0 unspecified atom stereocenters. The molecule has 7 heteroatoms. The first-order chi connectivity index (χ1) is 8.78. The van der Waals surface area contributed by atoms with Crippen molar-refractivity contribution < 1.29 is 19.4 Å². The molecule has 0 bridgehead atoms. The van der Waals surface area contributed by atoms with Gasteiger partial charge in [-0.1, -0.05) is 0 Å². The molecule has 1 heterocycles. The van der Waals surface area contributed by atoms with Crippen molar-refractivity contribution in [1.82, 2.24) is 15.1 Å². The fraction of sp³-hybridized carbons (Fsp3) is 0.583. The number of alkyl carbamates (subject to hydrolysis) is 1. The van der Waals surface area contributed by atoms with Crippen molar-refractivity contribution in [3.63, 3.8) is 0 Å². The van der Waals surface area contributed by atoms with Crippen LogP contribution in [-0.4, -0.2) is 38.6 Å². The van der Waals surface area contributed by atoms with Crippen LogP contribution in [0, 0.1) is 0 Å². The SMILES string of the molecule is CC(C)(C)OC(=O)N[C@H](CCn1cccn1)C(=O)O. The lowest BCUT2D eigenvalue weighted by molar-refractivity contribution is -0.139. The Labute approximate surface area is 111 Å². The van der Waals surface area contributed by atoms with Crippen LogP contribution in [0.15, 0.2) is 18.5 Å². The van der Waals surface area contributed by atoms with Gasteiger partial charge >= 0.3 is 12.1 Å². The molecule has 0 aliphatic carbocycles. The summed E-state index contributed by atoms with van der Waals surface area (Å²) in [5.74, 6) is -1.10. The van der Waals surface area contributed by atoms with Crippen LogP contribution < -0.4 is 5.32 Å². The van der Waals surface area contributed by atoms with Gasteiger partial charge < -0.3 is 15.2 Å². The van der Waals surface area contributed by atoms with E-state index in [0.717, 1.165) is 0 Å². The Morgan fingerprint density at radius 1 is 1.47 bits per heavy atom. The van der Waals surface area contributed by atoms with E-state index in [1.807, 2.05) is 0 Å². The molecule has 0 aliphatic rings. The van der Waals surface area contributed by atoms with Gasteiger partial charge in [-0.15, -0.1) is 0 Å². The number of ether oxygens (including phenoxy) is 1. The molecule has 0 spiro atoms. The molecular formula is C12H19N3O4. The molecule has 1 amide bonds. The second kappa shape index (κ2) is 6.21. The second-order valence-corrected chi connectivity index (χ2v) is 5.09. The van der Waals surface area contributed by atoms with Crippen molar-refractivity contribution in [3.05, 3.63) is 18.5 Å². The van der Waals surface area contributed by atoms with Crippen LogP contribution in [0.4, 0.5) is 4.79 Å². The van der Waals surface area contributed by atoms with Crippen LogP contribution in [0.3, 0.4) is 0 Å². The topological polar surface area (TPSA) is 93.5 Å². The number of hydrogen-bond acceptors (Lipinski definition) is 4. The Morgan fingerprint density at radius 2 is 2.16 bits per heavy atom. The minimum absolute atomic E-state index is 0.232. The smallest absolute Gasteiger partial charge is 0.408 e. The molecule has 19 heavy (non-hydrogen) atoms. The molecule has 7 nitrogen and oxygen atoms in total. The first kappa shape index (κ1) is 15.0. The fourth-order valence-corrected chi connectivity index (χ4v) is 1.40. The van der Waals surface area contributed by atoms with Crippen molar-refractivity contribution in [3.8, 4) is 0 Å². The van der Waals surface area contributed by atoms with E-state index in [0.29, 0.717) is 6.54 Å². The molecule has 0 radical (unpaired) electrons. The first-order valence-electron chi connectivity index (χ1n) is 5.97. The normalized spacial score (nSPS) is 12.8. The molecule has 1 rings (SSSR count). The summed E-state index contributed by atoms with van der Waals surface area (Å²) in [5, 5.41) is 15.3. The Kier molecular flexibility index (Phi) is 4.91. The number of nitrogens with zero attached hydrogens (tertiary/aromatic N) is 2. The number of carbonyl (C=O) groups is 2. The summed E-state index contributed by atoms with van der Waals surface area (Å²) in [5.41, 5.74) is -0.658. The maximum atomic E-state index is 11.5.